The molecule has 7 nitrogen and oxygen atoms in total. The van der Waals surface area contributed by atoms with Crippen molar-refractivity contribution in [1.29, 1.82) is 0 Å². The molecule has 0 fully saturated rings. The molecule has 0 aliphatic carbocycles. The number of anilines is 1. The molecule has 150 valence electrons. The van der Waals surface area contributed by atoms with Crippen molar-refractivity contribution in [2.24, 2.45) is 0 Å². The first-order valence-corrected chi connectivity index (χ1v) is 13.1. The lowest BCUT2D eigenvalue weighted by atomic mass is 10.2. The van der Waals surface area contributed by atoms with E-state index in [1.807, 2.05) is 24.3 Å². The van der Waals surface area contributed by atoms with Crippen LogP contribution in [0.3, 0.4) is 0 Å². The molecule has 0 saturated heterocycles. The van der Waals surface area contributed by atoms with Gasteiger partial charge in [0.1, 0.15) is 22.1 Å². The fraction of sp³-hybridized carbons (Fsp3) is 0.368. The number of halogens is 1. The summed E-state index contributed by atoms with van der Waals surface area (Å²) in [6.45, 7) is 7.66. The molecule has 0 aliphatic rings. The third kappa shape index (κ3) is 4.75. The van der Waals surface area contributed by atoms with Gasteiger partial charge in [-0.1, -0.05) is 37.3 Å². The highest BCUT2D eigenvalue weighted by Crippen LogP contribution is 2.33. The first-order valence-electron chi connectivity index (χ1n) is 8.98. The van der Waals surface area contributed by atoms with E-state index in [1.54, 1.807) is 17.9 Å². The number of aromatic nitrogens is 3. The summed E-state index contributed by atoms with van der Waals surface area (Å²) in [4.78, 5) is 4.13. The Kier molecular flexibility index (Phi) is 6.12. The Morgan fingerprint density at radius 1 is 1.21 bits per heavy atom. The van der Waals surface area contributed by atoms with Crippen LogP contribution in [0.15, 0.2) is 30.3 Å². The number of nitrogens with two attached hydrogens (primary N) is 1. The monoisotopic (exact) mass is 420 g/mol. The van der Waals surface area contributed by atoms with Crippen molar-refractivity contribution in [2.75, 3.05) is 26.2 Å². The van der Waals surface area contributed by atoms with Crippen LogP contribution in [0.5, 0.6) is 11.6 Å². The topological polar surface area (TPSA) is 84.4 Å². The van der Waals surface area contributed by atoms with Crippen molar-refractivity contribution < 1.29 is 14.2 Å². The lowest BCUT2D eigenvalue weighted by Crippen LogP contribution is -2.22. The summed E-state index contributed by atoms with van der Waals surface area (Å²) in [5, 5.41) is 5.45. The zero-order valence-corrected chi connectivity index (χ0v) is 18.3. The molecule has 0 bridgehead atoms. The Bertz CT molecular complexity index is 972. The van der Waals surface area contributed by atoms with Crippen molar-refractivity contribution >= 4 is 36.4 Å². The van der Waals surface area contributed by atoms with E-state index in [0.717, 1.165) is 11.7 Å². The number of fused-ring (bicyclic) bond motifs is 1. The third-order valence-corrected chi connectivity index (χ3v) is 6.10. The molecule has 0 aliphatic heterocycles. The maximum Gasteiger partial charge on any atom is 0.247 e. The van der Waals surface area contributed by atoms with Gasteiger partial charge in [0, 0.05) is 26.8 Å². The third-order valence-electron chi connectivity index (χ3n) is 4.20. The van der Waals surface area contributed by atoms with Gasteiger partial charge in [-0.2, -0.15) is 0 Å². The Labute approximate surface area is 170 Å². The molecule has 2 heterocycles. The zero-order valence-electron chi connectivity index (χ0n) is 16.5. The first-order chi connectivity index (χ1) is 13.3. The zero-order chi connectivity index (χ0) is 20.3. The number of benzene rings is 1. The molecule has 2 aromatic heterocycles. The molecule has 3 rings (SSSR count). The Hall–Kier alpha value is -2.29. The maximum absolute atomic E-state index is 6.12. The molecule has 1 aromatic carbocycles. The van der Waals surface area contributed by atoms with Gasteiger partial charge in [0.2, 0.25) is 5.88 Å². The van der Waals surface area contributed by atoms with E-state index in [9.17, 15) is 0 Å². The van der Waals surface area contributed by atoms with Crippen molar-refractivity contribution in [2.45, 2.75) is 25.7 Å². The molecule has 3 aromatic rings. The molecule has 0 atom stereocenters. The Morgan fingerprint density at radius 2 is 2.00 bits per heavy atom. The van der Waals surface area contributed by atoms with Gasteiger partial charge in [0.15, 0.2) is 6.79 Å². The number of pyridine rings is 1. The van der Waals surface area contributed by atoms with E-state index in [1.165, 1.54) is 0 Å². The van der Waals surface area contributed by atoms with Crippen LogP contribution in [0, 0.1) is 0 Å². The molecule has 2 N–H and O–H groups in total. The minimum atomic E-state index is -1.15. The molecule has 0 amide bonds. The van der Waals surface area contributed by atoms with Crippen molar-refractivity contribution in [1.82, 2.24) is 14.8 Å². The number of nitrogens with zero attached hydrogens (tertiary/aromatic N) is 3. The van der Waals surface area contributed by atoms with E-state index >= 15 is 0 Å². The molecule has 0 radical (unpaired) electrons. The van der Waals surface area contributed by atoms with Gasteiger partial charge < -0.3 is 19.9 Å². The lowest BCUT2D eigenvalue weighted by Gasteiger charge is -2.15. The van der Waals surface area contributed by atoms with Crippen molar-refractivity contribution in [3.8, 4) is 17.3 Å². The van der Waals surface area contributed by atoms with Gasteiger partial charge in [-0.3, -0.25) is 0 Å². The number of nitrogen functional groups attached to an aromatic ring is 1. The number of hydrogen-bond acceptors (Lipinski definition) is 6. The predicted molar refractivity (Wildman–Crippen MR) is 114 cm³/mol. The van der Waals surface area contributed by atoms with Crippen LogP contribution in [0.4, 0.5) is 5.82 Å². The number of methoxy groups -OCH3 is 1. The molecule has 0 spiro atoms. The largest absolute Gasteiger partial charge is 0.497 e. The van der Waals surface area contributed by atoms with Gasteiger partial charge in [-0.15, -0.1) is 5.10 Å². The van der Waals surface area contributed by atoms with Gasteiger partial charge in [0.05, 0.1) is 18.3 Å². The maximum atomic E-state index is 6.12. The van der Waals surface area contributed by atoms with Crippen LogP contribution < -0.4 is 15.2 Å². The van der Waals surface area contributed by atoms with Crippen LogP contribution >= 0.6 is 11.6 Å². The number of ether oxygens (including phenoxy) is 3. The highest BCUT2D eigenvalue weighted by molar-refractivity contribution is 6.76. The predicted octanol–water partition coefficient (Wildman–Crippen LogP) is 4.36. The minimum absolute atomic E-state index is 0.0940. The quantitative estimate of drug-likeness (QED) is 0.252. The van der Waals surface area contributed by atoms with Gasteiger partial charge >= 0.3 is 0 Å². The summed E-state index contributed by atoms with van der Waals surface area (Å²) in [5.74, 6) is 1.33. The summed E-state index contributed by atoms with van der Waals surface area (Å²) in [6, 6.07) is 10.3. The highest BCUT2D eigenvalue weighted by atomic mass is 35.5. The summed E-state index contributed by atoms with van der Waals surface area (Å²) in [5.41, 5.74) is 7.59. The molecule has 9 heteroatoms. The standard InChI is InChI=1S/C19H25ClN4O3Si/c1-25-14-7-5-6-13(10-14)24-15-11-16(20)22-18(21)17(15)19(23-24)27-12-26-8-9-28(2,3)4/h5-7,10-11H,8-9,12H2,1-4H3,(H2,21,22). The highest BCUT2D eigenvalue weighted by Gasteiger charge is 2.19. The second-order valence-corrected chi connectivity index (χ2v) is 13.6. The van der Waals surface area contributed by atoms with E-state index in [4.69, 9.17) is 31.5 Å². The minimum Gasteiger partial charge on any atom is -0.497 e. The average molecular weight is 421 g/mol. The molecule has 0 saturated carbocycles. The summed E-state index contributed by atoms with van der Waals surface area (Å²) >= 11 is 6.12. The van der Waals surface area contributed by atoms with E-state index < -0.39 is 8.07 Å². The van der Waals surface area contributed by atoms with Crippen LogP contribution in [0.25, 0.3) is 16.6 Å². The van der Waals surface area contributed by atoms with Gasteiger partial charge in [-0.25, -0.2) is 9.67 Å². The molecule has 28 heavy (non-hydrogen) atoms. The first kappa shape index (κ1) is 20.4. The fourth-order valence-electron chi connectivity index (χ4n) is 2.68. The average Bonchev–Trinajstić information content (AvgIpc) is 2.99. The van der Waals surface area contributed by atoms with Crippen LogP contribution in [-0.4, -0.2) is 43.3 Å². The molecular formula is C19H25ClN4O3Si. The van der Waals surface area contributed by atoms with Crippen molar-refractivity contribution in [3.63, 3.8) is 0 Å². The lowest BCUT2D eigenvalue weighted by molar-refractivity contribution is 0.0200. The SMILES string of the molecule is COc1cccc(-n2nc(OCOCC[Si](C)(C)C)c3c(N)nc(Cl)cc32)c1. The summed E-state index contributed by atoms with van der Waals surface area (Å²) in [7, 11) is 0.465. The van der Waals surface area contributed by atoms with Crippen LogP contribution in [-0.2, 0) is 4.74 Å². The summed E-state index contributed by atoms with van der Waals surface area (Å²) in [6.07, 6.45) is 0. The van der Waals surface area contributed by atoms with E-state index in [-0.39, 0.29) is 17.8 Å². The van der Waals surface area contributed by atoms with E-state index in [2.05, 4.69) is 29.7 Å². The smallest absolute Gasteiger partial charge is 0.247 e. The van der Waals surface area contributed by atoms with Gasteiger partial charge in [0.25, 0.3) is 0 Å². The summed E-state index contributed by atoms with van der Waals surface area (Å²) < 4.78 is 18.4. The Morgan fingerprint density at radius 3 is 2.71 bits per heavy atom. The Balaban J connectivity index is 1.90. The number of rotatable bonds is 8. The molecular weight excluding hydrogens is 396 g/mol. The fourth-order valence-corrected chi connectivity index (χ4v) is 3.63. The normalized spacial score (nSPS) is 11.8. The molecule has 0 unspecified atom stereocenters. The second-order valence-electron chi connectivity index (χ2n) is 7.62. The van der Waals surface area contributed by atoms with Crippen molar-refractivity contribution in [3.05, 3.63) is 35.5 Å². The second kappa shape index (κ2) is 8.38. The number of hydrogen-bond donors (Lipinski definition) is 1. The van der Waals surface area contributed by atoms with Crippen LogP contribution in [0.2, 0.25) is 30.8 Å². The van der Waals surface area contributed by atoms with Crippen LogP contribution in [0.1, 0.15) is 0 Å². The van der Waals surface area contributed by atoms with Gasteiger partial charge in [-0.05, 0) is 18.2 Å². The van der Waals surface area contributed by atoms with E-state index in [0.29, 0.717) is 29.1 Å².